The Bertz CT molecular complexity index is 1080. The summed E-state index contributed by atoms with van der Waals surface area (Å²) in [7, 11) is 1.38. The van der Waals surface area contributed by atoms with Gasteiger partial charge in [-0.05, 0) is 32.3 Å². The van der Waals surface area contributed by atoms with E-state index < -0.39 is 52.9 Å². The number of aromatic nitrogens is 3. The summed E-state index contributed by atoms with van der Waals surface area (Å²) in [6.07, 6.45) is -5.02. The summed E-state index contributed by atoms with van der Waals surface area (Å²) < 4.78 is 85.7. The van der Waals surface area contributed by atoms with Crippen molar-refractivity contribution < 1.29 is 36.2 Å². The summed E-state index contributed by atoms with van der Waals surface area (Å²) in [5.74, 6) is -2.64. The second-order valence-corrected chi connectivity index (χ2v) is 7.79. The van der Waals surface area contributed by atoms with Crippen LogP contribution < -0.4 is 10.4 Å². The fraction of sp³-hybridized carbons (Fsp3) is 0.474. The molecule has 1 unspecified atom stereocenters. The Morgan fingerprint density at radius 3 is 2.76 bits per heavy atom. The molecule has 1 aromatic heterocycles. The Balaban J connectivity index is 1.98. The highest BCUT2D eigenvalue weighted by atomic mass is 79.9. The average molecular weight is 540 g/mol. The molecule has 14 heteroatoms. The van der Waals surface area contributed by atoms with Crippen LogP contribution in [0.2, 0.25) is 0 Å². The van der Waals surface area contributed by atoms with Gasteiger partial charge in [0.1, 0.15) is 35.5 Å². The minimum atomic E-state index is -4.76. The van der Waals surface area contributed by atoms with E-state index in [1.54, 1.807) is 0 Å². The van der Waals surface area contributed by atoms with Crippen LogP contribution in [0.1, 0.15) is 37.6 Å². The van der Waals surface area contributed by atoms with E-state index in [2.05, 4.69) is 21.0 Å². The zero-order valence-corrected chi connectivity index (χ0v) is 19.3. The number of hydrogen-bond donors (Lipinski definition) is 0. The Morgan fingerprint density at radius 2 is 2.15 bits per heavy atom. The zero-order valence-electron chi connectivity index (χ0n) is 17.7. The fourth-order valence-electron chi connectivity index (χ4n) is 3.08. The molecule has 1 aromatic carbocycles. The summed E-state index contributed by atoms with van der Waals surface area (Å²) in [5.41, 5.74) is -1.85. The Kier molecular flexibility index (Phi) is 8.01. The van der Waals surface area contributed by atoms with E-state index in [4.69, 9.17) is 14.2 Å². The van der Waals surface area contributed by atoms with Gasteiger partial charge in [0, 0.05) is 17.7 Å². The molecule has 2 heterocycles. The molecule has 7 nitrogen and oxygen atoms in total. The number of hydrogen-bond acceptors (Lipinski definition) is 5. The van der Waals surface area contributed by atoms with E-state index in [9.17, 15) is 26.7 Å². The van der Waals surface area contributed by atoms with E-state index in [0.29, 0.717) is 23.8 Å². The Labute approximate surface area is 194 Å². The van der Waals surface area contributed by atoms with Crippen molar-refractivity contribution in [3.63, 3.8) is 0 Å². The SMILES string of the molecule is Bn1c(COC2CCCCO2)nn(-c2cc(O[C@@H](C)C(F)(F)F)c(/C(F)=C/Br)cc2F)c1=O. The molecule has 0 radical (unpaired) electrons. The number of halogens is 6. The van der Waals surface area contributed by atoms with Crippen molar-refractivity contribution >= 4 is 29.7 Å². The van der Waals surface area contributed by atoms with Gasteiger partial charge < -0.3 is 18.7 Å². The summed E-state index contributed by atoms with van der Waals surface area (Å²) in [6, 6.07) is 1.43. The molecule has 0 spiro atoms. The minimum absolute atomic E-state index is 0.113. The molecule has 0 bridgehead atoms. The van der Waals surface area contributed by atoms with Crippen molar-refractivity contribution in [1.82, 2.24) is 14.3 Å². The molecule has 1 fully saturated rings. The van der Waals surface area contributed by atoms with Gasteiger partial charge in [0.25, 0.3) is 0 Å². The molecular weight excluding hydrogens is 520 g/mol. The lowest BCUT2D eigenvalue weighted by atomic mass is 10.1. The summed E-state index contributed by atoms with van der Waals surface area (Å²) >= 11 is 2.72. The molecule has 3 rings (SSSR count). The van der Waals surface area contributed by atoms with Crippen LogP contribution in [0.3, 0.4) is 0 Å². The van der Waals surface area contributed by atoms with Crippen LogP contribution in [-0.2, 0) is 16.1 Å². The van der Waals surface area contributed by atoms with Crippen molar-refractivity contribution in [3.8, 4) is 11.4 Å². The normalized spacial score (nSPS) is 18.4. The molecule has 1 aliphatic rings. The minimum Gasteiger partial charge on any atom is -0.480 e. The fourth-order valence-corrected chi connectivity index (χ4v) is 3.32. The number of rotatable bonds is 7. The molecule has 0 aliphatic carbocycles. The Hall–Kier alpha value is -2.19. The molecule has 0 amide bonds. The average Bonchev–Trinajstić information content (AvgIpc) is 3.06. The van der Waals surface area contributed by atoms with Crippen molar-refractivity contribution in [2.24, 2.45) is 0 Å². The second-order valence-electron chi connectivity index (χ2n) is 7.34. The molecule has 0 saturated carbocycles. The van der Waals surface area contributed by atoms with E-state index in [0.717, 1.165) is 35.3 Å². The van der Waals surface area contributed by atoms with Crippen LogP contribution in [0.4, 0.5) is 22.0 Å². The molecule has 33 heavy (non-hydrogen) atoms. The first-order chi connectivity index (χ1) is 15.5. The summed E-state index contributed by atoms with van der Waals surface area (Å²) in [4.78, 5) is 13.4. The van der Waals surface area contributed by atoms with Gasteiger partial charge in [-0.3, -0.25) is 0 Å². The van der Waals surface area contributed by atoms with Gasteiger partial charge in [-0.1, -0.05) is 15.9 Å². The molecule has 2 aromatic rings. The van der Waals surface area contributed by atoms with Gasteiger partial charge in [-0.15, -0.1) is 5.10 Å². The lowest BCUT2D eigenvalue weighted by Gasteiger charge is -2.22. The molecule has 180 valence electrons. The van der Waals surface area contributed by atoms with Crippen molar-refractivity contribution in [3.05, 3.63) is 44.8 Å². The van der Waals surface area contributed by atoms with Gasteiger partial charge in [0.2, 0.25) is 7.98 Å². The van der Waals surface area contributed by atoms with Crippen LogP contribution >= 0.6 is 15.9 Å². The predicted octanol–water partition coefficient (Wildman–Crippen LogP) is 3.60. The van der Waals surface area contributed by atoms with Crippen LogP contribution in [-0.4, -0.2) is 47.4 Å². The molecule has 2 atom stereocenters. The lowest BCUT2D eigenvalue weighted by Crippen LogP contribution is -2.31. The van der Waals surface area contributed by atoms with Crippen molar-refractivity contribution in [2.45, 2.75) is 51.4 Å². The third-order valence-electron chi connectivity index (χ3n) is 5.00. The van der Waals surface area contributed by atoms with Gasteiger partial charge >= 0.3 is 11.9 Å². The summed E-state index contributed by atoms with van der Waals surface area (Å²) in [5, 5.41) is 4.04. The highest BCUT2D eigenvalue weighted by Crippen LogP contribution is 2.34. The van der Waals surface area contributed by atoms with Crippen LogP contribution in [0.15, 0.2) is 21.9 Å². The number of alkyl halides is 3. The van der Waals surface area contributed by atoms with Gasteiger partial charge in [0.15, 0.2) is 12.4 Å². The monoisotopic (exact) mass is 539 g/mol. The molecule has 0 N–H and O–H groups in total. The first kappa shape index (κ1) is 25.4. The zero-order chi connectivity index (χ0) is 24.3. The van der Waals surface area contributed by atoms with Crippen molar-refractivity contribution in [1.29, 1.82) is 0 Å². The first-order valence-corrected chi connectivity index (χ1v) is 10.9. The van der Waals surface area contributed by atoms with E-state index >= 15 is 0 Å². The highest BCUT2D eigenvalue weighted by molar-refractivity contribution is 9.11. The highest BCUT2D eigenvalue weighted by Gasteiger charge is 2.38. The standard InChI is InChI=1S/C19H20BBrF5N3O4/c1-10(19(24,25)26)33-15-7-14(12(22)6-11(15)13(23)8-21)29-18(30)28(20)16(27-29)9-32-17-4-2-3-5-31-17/h6-8,10,17H,2-5,9,20H2,1H3/b13-8-/t10-,17?/m0/s1. The lowest BCUT2D eigenvalue weighted by molar-refractivity contribution is -0.189. The largest absolute Gasteiger partial charge is 0.480 e. The van der Waals surface area contributed by atoms with E-state index in [1.807, 2.05) is 0 Å². The van der Waals surface area contributed by atoms with Crippen LogP contribution in [0.25, 0.3) is 11.5 Å². The smallest absolute Gasteiger partial charge is 0.425 e. The van der Waals surface area contributed by atoms with Crippen LogP contribution in [0, 0.1) is 5.82 Å². The molecular formula is C19H20BBrF5N3O4. The van der Waals surface area contributed by atoms with E-state index in [1.165, 1.54) is 7.98 Å². The quantitative estimate of drug-likeness (QED) is 0.397. The number of ether oxygens (including phenoxy) is 3. The second kappa shape index (κ2) is 10.4. The maximum Gasteiger partial charge on any atom is 0.425 e. The molecule has 1 aliphatic heterocycles. The summed E-state index contributed by atoms with van der Waals surface area (Å²) in [6.45, 7) is 1.16. The molecule has 1 saturated heterocycles. The van der Waals surface area contributed by atoms with Crippen molar-refractivity contribution in [2.75, 3.05) is 6.61 Å². The third-order valence-corrected chi connectivity index (χ3v) is 5.40. The van der Waals surface area contributed by atoms with E-state index in [-0.39, 0.29) is 12.4 Å². The van der Waals surface area contributed by atoms with Gasteiger partial charge in [-0.25, -0.2) is 13.6 Å². The van der Waals surface area contributed by atoms with Gasteiger partial charge in [-0.2, -0.15) is 17.9 Å². The number of benzene rings is 1. The third kappa shape index (κ3) is 5.85. The number of nitrogens with zero attached hydrogens (tertiary/aromatic N) is 3. The Morgan fingerprint density at radius 1 is 1.42 bits per heavy atom. The predicted molar refractivity (Wildman–Crippen MR) is 114 cm³/mol. The maximum atomic E-state index is 14.8. The maximum absolute atomic E-state index is 14.8. The topological polar surface area (TPSA) is 67.5 Å². The van der Waals surface area contributed by atoms with Gasteiger partial charge in [0.05, 0.1) is 5.56 Å². The van der Waals surface area contributed by atoms with Crippen LogP contribution in [0.5, 0.6) is 5.75 Å². The first-order valence-electron chi connectivity index (χ1n) is 9.94.